The van der Waals surface area contributed by atoms with Crippen molar-refractivity contribution in [3.8, 4) is 0 Å². The molecule has 0 unspecified atom stereocenters. The normalized spacial score (nSPS) is 10.7. The Balaban J connectivity index is 0.000000420. The van der Waals surface area contributed by atoms with Crippen LogP contribution in [0.3, 0.4) is 0 Å². The molecule has 0 saturated carbocycles. The van der Waals surface area contributed by atoms with Gasteiger partial charge in [0.1, 0.15) is 13.2 Å². The van der Waals surface area contributed by atoms with Gasteiger partial charge < -0.3 is 9.84 Å². The van der Waals surface area contributed by atoms with Crippen LogP contribution < -0.4 is 0 Å². The number of unbranched alkanes of at least 4 members (excludes halogenated alkanes) is 15. The standard InChI is InChI=1S/C20H40O3.C14H14O3P/c1-23-19-17-15-13-11-9-7-5-3-2-4-6-8-10-12-14-16-18-20(21)22;15-18(16-11-13-7-3-1-4-8-13)17-12-14-9-5-2-6-10-14/h2-19H2,1H3,(H,21,22);1-10H,11-12H2/q;+1. The molecule has 230 valence electrons. The summed E-state index contributed by atoms with van der Waals surface area (Å²) in [6.07, 6.45) is 21.2. The smallest absolute Gasteiger partial charge is 0.481 e. The summed E-state index contributed by atoms with van der Waals surface area (Å²) in [5, 5.41) is 8.54. The van der Waals surface area contributed by atoms with Gasteiger partial charge in [0.05, 0.1) is 0 Å². The minimum atomic E-state index is -2.08. The van der Waals surface area contributed by atoms with Crippen molar-refractivity contribution in [1.29, 1.82) is 0 Å². The van der Waals surface area contributed by atoms with Gasteiger partial charge in [0, 0.05) is 24.7 Å². The summed E-state index contributed by atoms with van der Waals surface area (Å²) in [7, 11) is -0.298. The Labute approximate surface area is 250 Å². The second kappa shape index (κ2) is 28.0. The lowest BCUT2D eigenvalue weighted by Gasteiger charge is -2.03. The molecule has 1 N–H and O–H groups in total. The maximum absolute atomic E-state index is 11.5. The van der Waals surface area contributed by atoms with E-state index in [4.69, 9.17) is 18.9 Å². The Morgan fingerprint density at radius 1 is 0.585 bits per heavy atom. The molecule has 0 aliphatic carbocycles. The van der Waals surface area contributed by atoms with E-state index in [1.54, 1.807) is 7.11 Å². The summed E-state index contributed by atoms with van der Waals surface area (Å²) in [6, 6.07) is 19.2. The molecular formula is C34H54O6P+. The Bertz CT molecular complexity index is 817. The lowest BCUT2D eigenvalue weighted by atomic mass is 10.0. The molecule has 0 bridgehead atoms. The number of aliphatic carboxylic acids is 1. The van der Waals surface area contributed by atoms with E-state index in [0.717, 1.165) is 30.6 Å². The summed E-state index contributed by atoms with van der Waals surface area (Å²) in [5.41, 5.74) is 1.95. The van der Waals surface area contributed by atoms with Gasteiger partial charge in [0.2, 0.25) is 0 Å². The van der Waals surface area contributed by atoms with E-state index in [2.05, 4.69) is 0 Å². The molecule has 2 rings (SSSR count). The molecule has 0 aromatic heterocycles. The van der Waals surface area contributed by atoms with E-state index in [1.165, 1.54) is 89.9 Å². The molecule has 6 nitrogen and oxygen atoms in total. The van der Waals surface area contributed by atoms with Crippen molar-refractivity contribution in [1.82, 2.24) is 0 Å². The van der Waals surface area contributed by atoms with Gasteiger partial charge in [-0.25, -0.2) is 0 Å². The van der Waals surface area contributed by atoms with E-state index in [9.17, 15) is 9.36 Å². The third-order valence-corrected chi connectivity index (χ3v) is 7.53. The number of hydrogen-bond acceptors (Lipinski definition) is 5. The molecule has 0 heterocycles. The van der Waals surface area contributed by atoms with Gasteiger partial charge in [0.25, 0.3) is 0 Å². The topological polar surface area (TPSA) is 82.1 Å². The Hall–Kier alpha value is -2.11. The first-order chi connectivity index (χ1) is 20.1. The van der Waals surface area contributed by atoms with E-state index < -0.39 is 14.2 Å². The van der Waals surface area contributed by atoms with Crippen molar-refractivity contribution >= 4 is 14.2 Å². The Morgan fingerprint density at radius 3 is 1.27 bits per heavy atom. The van der Waals surface area contributed by atoms with Crippen molar-refractivity contribution in [2.75, 3.05) is 13.7 Å². The van der Waals surface area contributed by atoms with Crippen molar-refractivity contribution in [3.05, 3.63) is 71.8 Å². The highest BCUT2D eigenvalue weighted by Crippen LogP contribution is 2.27. The molecule has 7 heteroatoms. The third kappa shape index (κ3) is 25.3. The molecule has 0 aliphatic rings. The van der Waals surface area contributed by atoms with E-state index in [1.807, 2.05) is 60.7 Å². The van der Waals surface area contributed by atoms with Crippen molar-refractivity contribution in [2.24, 2.45) is 0 Å². The van der Waals surface area contributed by atoms with Crippen LogP contribution >= 0.6 is 8.25 Å². The molecule has 0 spiro atoms. The Kier molecular flexibility index (Phi) is 25.2. The highest BCUT2D eigenvalue weighted by molar-refractivity contribution is 7.33. The second-order valence-corrected chi connectivity index (χ2v) is 11.5. The predicted octanol–water partition coefficient (Wildman–Crippen LogP) is 10.4. The van der Waals surface area contributed by atoms with Crippen LogP contribution in [0.5, 0.6) is 0 Å². The summed E-state index contributed by atoms with van der Waals surface area (Å²) in [5.74, 6) is -0.656. The van der Waals surface area contributed by atoms with Crippen molar-refractivity contribution in [3.63, 3.8) is 0 Å². The monoisotopic (exact) mass is 589 g/mol. The largest absolute Gasteiger partial charge is 0.698 e. The van der Waals surface area contributed by atoms with Crippen LogP contribution in [0.4, 0.5) is 0 Å². The summed E-state index contributed by atoms with van der Waals surface area (Å²) >= 11 is 0. The Morgan fingerprint density at radius 2 is 0.927 bits per heavy atom. The lowest BCUT2D eigenvalue weighted by Crippen LogP contribution is -1.93. The molecule has 2 aromatic carbocycles. The highest BCUT2D eigenvalue weighted by atomic mass is 31.1. The van der Waals surface area contributed by atoms with Crippen LogP contribution in [0.1, 0.15) is 120 Å². The van der Waals surface area contributed by atoms with Gasteiger partial charge in [0.15, 0.2) is 0 Å². The zero-order valence-electron chi connectivity index (χ0n) is 25.4. The van der Waals surface area contributed by atoms with Gasteiger partial charge in [-0.2, -0.15) is 0 Å². The fourth-order valence-corrected chi connectivity index (χ4v) is 5.02. The van der Waals surface area contributed by atoms with Crippen LogP contribution in [-0.4, -0.2) is 24.8 Å². The summed E-state index contributed by atoms with van der Waals surface area (Å²) < 4.78 is 26.8. The lowest BCUT2D eigenvalue weighted by molar-refractivity contribution is -0.137. The molecular weight excluding hydrogens is 535 g/mol. The number of carboxylic acids is 1. The highest BCUT2D eigenvalue weighted by Gasteiger charge is 2.20. The first-order valence-corrected chi connectivity index (χ1v) is 16.7. The molecule has 0 saturated heterocycles. The molecule has 0 atom stereocenters. The average Bonchev–Trinajstić information content (AvgIpc) is 2.99. The van der Waals surface area contributed by atoms with E-state index in [-0.39, 0.29) is 0 Å². The number of ether oxygens (including phenoxy) is 1. The first-order valence-electron chi connectivity index (χ1n) is 15.6. The second-order valence-electron chi connectivity index (χ2n) is 10.5. The SMILES string of the molecule is COCCCCCCCCCCCCCCCCCCC(=O)O.O=[P+](OCc1ccccc1)OCc1ccccc1. The van der Waals surface area contributed by atoms with Crippen LogP contribution in [0.15, 0.2) is 60.7 Å². The van der Waals surface area contributed by atoms with Crippen LogP contribution in [0, 0.1) is 0 Å². The molecule has 41 heavy (non-hydrogen) atoms. The van der Waals surface area contributed by atoms with E-state index >= 15 is 0 Å². The maximum Gasteiger partial charge on any atom is 0.698 e. The quantitative estimate of drug-likeness (QED) is 0.0916. The maximum atomic E-state index is 11.5. The molecule has 0 fully saturated rings. The number of benzene rings is 2. The van der Waals surface area contributed by atoms with Gasteiger partial charge in [-0.1, -0.05) is 151 Å². The van der Waals surface area contributed by atoms with Gasteiger partial charge in [-0.3, -0.25) is 4.79 Å². The molecule has 2 aromatic rings. The minimum Gasteiger partial charge on any atom is -0.481 e. The number of hydrogen-bond donors (Lipinski definition) is 1. The van der Waals surface area contributed by atoms with Gasteiger partial charge in [-0.15, -0.1) is 9.05 Å². The molecule has 0 radical (unpaired) electrons. The number of rotatable bonds is 25. The number of carbonyl (C=O) groups is 1. The number of methoxy groups -OCH3 is 1. The van der Waals surface area contributed by atoms with Crippen LogP contribution in [0.2, 0.25) is 0 Å². The number of carboxylic acid groups (broad SMARTS) is 1. The zero-order valence-corrected chi connectivity index (χ0v) is 26.2. The zero-order chi connectivity index (χ0) is 29.6. The van der Waals surface area contributed by atoms with Crippen LogP contribution in [-0.2, 0) is 36.4 Å². The molecule has 0 amide bonds. The van der Waals surface area contributed by atoms with Gasteiger partial charge in [-0.05, 0) is 24.0 Å². The first kappa shape index (κ1) is 36.9. The average molecular weight is 590 g/mol. The summed E-state index contributed by atoms with van der Waals surface area (Å²) in [6.45, 7) is 1.51. The predicted molar refractivity (Wildman–Crippen MR) is 168 cm³/mol. The van der Waals surface area contributed by atoms with Crippen molar-refractivity contribution < 1.29 is 28.3 Å². The van der Waals surface area contributed by atoms with E-state index in [0.29, 0.717) is 19.6 Å². The molecule has 0 aliphatic heterocycles. The summed E-state index contributed by atoms with van der Waals surface area (Å²) in [4.78, 5) is 10.4. The van der Waals surface area contributed by atoms with Crippen LogP contribution in [0.25, 0.3) is 0 Å². The third-order valence-electron chi connectivity index (χ3n) is 6.85. The van der Waals surface area contributed by atoms with Gasteiger partial charge >= 0.3 is 14.2 Å². The fraction of sp³-hybridized carbons (Fsp3) is 0.618. The fourth-order valence-electron chi connectivity index (χ4n) is 4.44. The minimum absolute atomic E-state index is 0.296. The van der Waals surface area contributed by atoms with Crippen molar-refractivity contribution in [2.45, 2.75) is 122 Å².